The minimum atomic E-state index is -1.15. The van der Waals surface area contributed by atoms with E-state index >= 15 is 0 Å². The highest BCUT2D eigenvalue weighted by Crippen LogP contribution is 2.14. The molecule has 0 aromatic carbocycles. The van der Waals surface area contributed by atoms with Gasteiger partial charge in [-0.05, 0) is 42.3 Å². The third kappa shape index (κ3) is 6.40. The minimum absolute atomic E-state index is 0.0277. The van der Waals surface area contributed by atoms with E-state index in [9.17, 15) is 5.11 Å². The van der Waals surface area contributed by atoms with Crippen molar-refractivity contribution in [2.24, 2.45) is 11.7 Å². The van der Waals surface area contributed by atoms with E-state index in [2.05, 4.69) is 9.80 Å². The van der Waals surface area contributed by atoms with Crippen molar-refractivity contribution in [1.29, 1.82) is 0 Å². The van der Waals surface area contributed by atoms with Crippen molar-refractivity contribution in [1.82, 2.24) is 14.7 Å². The number of nitrogens with zero attached hydrogens (tertiary/aromatic N) is 3. The number of rotatable bonds is 7. The number of nitrogens with two attached hydrogens (primary N) is 1. The highest BCUT2D eigenvalue weighted by atomic mass is 16.3. The molecule has 0 saturated heterocycles. The summed E-state index contributed by atoms with van der Waals surface area (Å²) >= 11 is 0. The molecular formula is C11H28N4O. The molecule has 0 amide bonds. The highest BCUT2D eigenvalue weighted by molar-refractivity contribution is 4.85. The molecule has 5 nitrogen and oxygen atoms in total. The molecule has 0 aromatic heterocycles. The number of hydrogen-bond donors (Lipinski definition) is 2. The predicted octanol–water partition coefficient (Wildman–Crippen LogP) is -1.07. The van der Waals surface area contributed by atoms with Gasteiger partial charge in [-0.25, -0.2) is 0 Å². The van der Waals surface area contributed by atoms with Crippen molar-refractivity contribution < 1.29 is 5.11 Å². The summed E-state index contributed by atoms with van der Waals surface area (Å²) in [5, 5.41) is 10.3. The van der Waals surface area contributed by atoms with Gasteiger partial charge in [-0.3, -0.25) is 0 Å². The van der Waals surface area contributed by atoms with Gasteiger partial charge in [0.15, 0.2) is 0 Å². The second-order valence-corrected chi connectivity index (χ2v) is 5.45. The first-order chi connectivity index (χ1) is 7.15. The topological polar surface area (TPSA) is 56.0 Å². The first-order valence-corrected chi connectivity index (χ1v) is 5.60. The van der Waals surface area contributed by atoms with Gasteiger partial charge in [-0.2, -0.15) is 0 Å². The van der Waals surface area contributed by atoms with E-state index < -0.39 is 5.72 Å². The first-order valence-electron chi connectivity index (χ1n) is 5.60. The van der Waals surface area contributed by atoms with Gasteiger partial charge in [0.05, 0.1) is 0 Å². The van der Waals surface area contributed by atoms with Crippen molar-refractivity contribution in [2.75, 3.05) is 61.9 Å². The van der Waals surface area contributed by atoms with E-state index in [0.29, 0.717) is 6.54 Å². The van der Waals surface area contributed by atoms with Crippen LogP contribution in [0.15, 0.2) is 0 Å². The standard InChI is InChI=1S/C11H28N4O/c1-13(2)7-10(8-14(3)4)11(12,16)9-15(5)6/h10,16H,7-9,12H2,1-6H3. The van der Waals surface area contributed by atoms with Crippen LogP contribution in [0.2, 0.25) is 0 Å². The molecule has 0 rings (SSSR count). The van der Waals surface area contributed by atoms with Gasteiger partial charge in [-0.15, -0.1) is 0 Å². The van der Waals surface area contributed by atoms with E-state index in [4.69, 9.17) is 5.73 Å². The van der Waals surface area contributed by atoms with Gasteiger partial charge < -0.3 is 25.5 Å². The van der Waals surface area contributed by atoms with Crippen LogP contribution in [0.25, 0.3) is 0 Å². The molecule has 1 unspecified atom stereocenters. The SMILES string of the molecule is CN(C)CC(CN(C)C)C(N)(O)CN(C)C. The summed E-state index contributed by atoms with van der Waals surface area (Å²) in [6, 6.07) is 0. The number of aliphatic hydroxyl groups is 1. The Morgan fingerprint density at radius 1 is 0.938 bits per heavy atom. The molecule has 0 bridgehead atoms. The maximum absolute atomic E-state index is 10.3. The number of hydrogen-bond acceptors (Lipinski definition) is 5. The van der Waals surface area contributed by atoms with Crippen LogP contribution in [0.4, 0.5) is 0 Å². The lowest BCUT2D eigenvalue weighted by molar-refractivity contribution is -0.0471. The van der Waals surface area contributed by atoms with Gasteiger partial charge in [0.25, 0.3) is 0 Å². The first kappa shape index (κ1) is 15.8. The average molecular weight is 232 g/mol. The fraction of sp³-hybridized carbons (Fsp3) is 1.00. The van der Waals surface area contributed by atoms with Crippen LogP contribution in [0, 0.1) is 5.92 Å². The zero-order chi connectivity index (χ0) is 12.9. The van der Waals surface area contributed by atoms with Crippen molar-refractivity contribution >= 4 is 0 Å². The molecule has 1 atom stereocenters. The maximum Gasteiger partial charge on any atom is 0.131 e. The fourth-order valence-electron chi connectivity index (χ4n) is 1.89. The zero-order valence-electron chi connectivity index (χ0n) is 11.6. The molecule has 0 heterocycles. The Bertz CT molecular complexity index is 182. The molecular weight excluding hydrogens is 204 g/mol. The summed E-state index contributed by atoms with van der Waals surface area (Å²) in [6.45, 7) is 2.03. The van der Waals surface area contributed by atoms with Gasteiger partial charge in [-0.1, -0.05) is 0 Å². The number of likely N-dealkylation sites (N-methyl/N-ethyl adjacent to an activating group) is 1. The van der Waals surface area contributed by atoms with Crippen molar-refractivity contribution in [3.8, 4) is 0 Å². The van der Waals surface area contributed by atoms with Crippen molar-refractivity contribution in [2.45, 2.75) is 5.72 Å². The molecule has 0 saturated carbocycles. The molecule has 0 aliphatic carbocycles. The smallest absolute Gasteiger partial charge is 0.131 e. The van der Waals surface area contributed by atoms with E-state index in [1.165, 1.54) is 0 Å². The Kier molecular flexibility index (Phi) is 6.43. The van der Waals surface area contributed by atoms with Crippen LogP contribution in [-0.4, -0.2) is 87.5 Å². The quantitative estimate of drug-likeness (QED) is 0.548. The van der Waals surface area contributed by atoms with Gasteiger partial charge >= 0.3 is 0 Å². The lowest BCUT2D eigenvalue weighted by atomic mass is 9.94. The lowest BCUT2D eigenvalue weighted by Crippen LogP contribution is -2.59. The third-order valence-corrected chi connectivity index (χ3v) is 2.45. The Labute approximate surface area is 99.8 Å². The molecule has 0 spiro atoms. The molecule has 0 aliphatic heterocycles. The second-order valence-electron chi connectivity index (χ2n) is 5.45. The molecule has 0 fully saturated rings. The summed E-state index contributed by atoms with van der Waals surface area (Å²) in [4.78, 5) is 6.03. The molecule has 0 radical (unpaired) electrons. The van der Waals surface area contributed by atoms with Crippen molar-refractivity contribution in [3.05, 3.63) is 0 Å². The normalized spacial score (nSPS) is 16.5. The maximum atomic E-state index is 10.3. The Morgan fingerprint density at radius 3 is 1.56 bits per heavy atom. The lowest BCUT2D eigenvalue weighted by Gasteiger charge is -2.37. The fourth-order valence-corrected chi connectivity index (χ4v) is 1.89. The molecule has 3 N–H and O–H groups in total. The molecule has 16 heavy (non-hydrogen) atoms. The summed E-state index contributed by atoms with van der Waals surface area (Å²) < 4.78 is 0. The predicted molar refractivity (Wildman–Crippen MR) is 68.3 cm³/mol. The monoisotopic (exact) mass is 232 g/mol. The van der Waals surface area contributed by atoms with Gasteiger partial charge in [0.1, 0.15) is 5.72 Å². The van der Waals surface area contributed by atoms with Crippen molar-refractivity contribution in [3.63, 3.8) is 0 Å². The minimum Gasteiger partial charge on any atom is -0.374 e. The summed E-state index contributed by atoms with van der Waals surface area (Å²) in [7, 11) is 11.8. The largest absolute Gasteiger partial charge is 0.374 e. The highest BCUT2D eigenvalue weighted by Gasteiger charge is 2.33. The third-order valence-electron chi connectivity index (χ3n) is 2.45. The summed E-state index contributed by atoms with van der Waals surface area (Å²) in [6.07, 6.45) is 0. The molecule has 0 aromatic rings. The molecule has 0 aliphatic rings. The summed E-state index contributed by atoms with van der Waals surface area (Å²) in [5.74, 6) is 0.0277. The van der Waals surface area contributed by atoms with Crippen LogP contribution in [0.1, 0.15) is 0 Å². The Balaban J connectivity index is 4.57. The van der Waals surface area contributed by atoms with E-state index in [-0.39, 0.29) is 5.92 Å². The molecule has 5 heteroatoms. The van der Waals surface area contributed by atoms with E-state index in [1.807, 2.05) is 47.2 Å². The Hall–Kier alpha value is -0.200. The second kappa shape index (κ2) is 6.51. The van der Waals surface area contributed by atoms with Crippen LogP contribution in [0.3, 0.4) is 0 Å². The molecule has 98 valence electrons. The zero-order valence-corrected chi connectivity index (χ0v) is 11.6. The van der Waals surface area contributed by atoms with Crippen LogP contribution in [-0.2, 0) is 0 Å². The van der Waals surface area contributed by atoms with E-state index in [1.54, 1.807) is 0 Å². The summed E-state index contributed by atoms with van der Waals surface area (Å²) in [5.41, 5.74) is 4.86. The van der Waals surface area contributed by atoms with Gasteiger partial charge in [0.2, 0.25) is 0 Å². The Morgan fingerprint density at radius 2 is 1.31 bits per heavy atom. The van der Waals surface area contributed by atoms with Crippen LogP contribution in [0.5, 0.6) is 0 Å². The average Bonchev–Trinajstić information content (AvgIpc) is 1.98. The van der Waals surface area contributed by atoms with Crippen LogP contribution < -0.4 is 5.73 Å². The van der Waals surface area contributed by atoms with Crippen LogP contribution >= 0.6 is 0 Å². The van der Waals surface area contributed by atoms with Gasteiger partial charge in [0, 0.05) is 25.6 Å². The van der Waals surface area contributed by atoms with E-state index in [0.717, 1.165) is 13.1 Å².